The molecule has 1 spiro atoms. The molecule has 0 radical (unpaired) electrons. The van der Waals surface area contributed by atoms with E-state index in [1.54, 1.807) is 7.11 Å². The summed E-state index contributed by atoms with van der Waals surface area (Å²) in [6.07, 6.45) is 6.81. The van der Waals surface area contributed by atoms with E-state index in [0.717, 1.165) is 87.8 Å². The number of amides is 2. The van der Waals surface area contributed by atoms with E-state index >= 15 is 0 Å². The van der Waals surface area contributed by atoms with E-state index in [1.807, 2.05) is 41.8 Å². The molecule has 0 saturated carbocycles. The topological polar surface area (TPSA) is 62.3 Å². The van der Waals surface area contributed by atoms with Crippen LogP contribution >= 0.6 is 12.4 Å². The van der Waals surface area contributed by atoms with Crippen molar-refractivity contribution in [3.8, 4) is 0 Å². The van der Waals surface area contributed by atoms with E-state index < -0.39 is 0 Å². The monoisotopic (exact) mass is 521 g/mol. The number of piperidine rings is 2. The van der Waals surface area contributed by atoms with Crippen molar-refractivity contribution in [3.63, 3.8) is 0 Å². The molecule has 0 aliphatic carbocycles. The number of unbranched alkanes of at least 4 members (excludes halogenated alkanes) is 1. The largest absolute Gasteiger partial charge is 0.440 e. The Hall–Kier alpha value is -1.83. The van der Waals surface area contributed by atoms with Gasteiger partial charge in [-0.1, -0.05) is 38.0 Å². The highest BCUT2D eigenvalue weighted by atomic mass is 35.5. The van der Waals surface area contributed by atoms with Gasteiger partial charge in [0.05, 0.1) is 12.6 Å². The number of benzene rings is 1. The molecule has 3 heterocycles. The van der Waals surface area contributed by atoms with E-state index in [-0.39, 0.29) is 36.1 Å². The molecule has 1 aromatic carbocycles. The Balaban J connectivity index is 0.00000361. The van der Waals surface area contributed by atoms with Crippen LogP contribution in [-0.2, 0) is 9.47 Å². The summed E-state index contributed by atoms with van der Waals surface area (Å²) in [5, 5.41) is 0. The van der Waals surface area contributed by atoms with Crippen LogP contribution in [0.25, 0.3) is 0 Å². The lowest BCUT2D eigenvalue weighted by Crippen LogP contribution is -2.56. The Morgan fingerprint density at radius 2 is 1.75 bits per heavy atom. The first kappa shape index (κ1) is 28.7. The van der Waals surface area contributed by atoms with Crippen LogP contribution in [0.4, 0.5) is 4.79 Å². The van der Waals surface area contributed by atoms with Gasteiger partial charge in [-0.15, -0.1) is 12.4 Å². The third kappa shape index (κ3) is 5.84. The number of hydrogen-bond donors (Lipinski definition) is 0. The highest BCUT2D eigenvalue weighted by Gasteiger charge is 2.54. The van der Waals surface area contributed by atoms with Crippen LogP contribution in [0.3, 0.4) is 0 Å². The van der Waals surface area contributed by atoms with Gasteiger partial charge in [-0.3, -0.25) is 14.6 Å². The Kier molecular flexibility index (Phi) is 10.1. The van der Waals surface area contributed by atoms with Gasteiger partial charge in [0.15, 0.2) is 0 Å². The molecule has 36 heavy (non-hydrogen) atoms. The van der Waals surface area contributed by atoms with Gasteiger partial charge in [0, 0.05) is 64.3 Å². The normalized spacial score (nSPS) is 22.6. The maximum absolute atomic E-state index is 13.2. The van der Waals surface area contributed by atoms with Crippen molar-refractivity contribution in [2.45, 2.75) is 83.4 Å². The number of nitrogens with zero attached hydrogens (tertiary/aromatic N) is 3. The Morgan fingerprint density at radius 3 is 2.33 bits per heavy atom. The summed E-state index contributed by atoms with van der Waals surface area (Å²) in [6, 6.07) is 6.70. The van der Waals surface area contributed by atoms with Crippen molar-refractivity contribution in [1.29, 1.82) is 0 Å². The summed E-state index contributed by atoms with van der Waals surface area (Å²) in [4.78, 5) is 32.5. The molecule has 0 bridgehead atoms. The molecule has 1 atom stereocenters. The summed E-state index contributed by atoms with van der Waals surface area (Å²) >= 11 is 0. The van der Waals surface area contributed by atoms with Crippen LogP contribution in [0.1, 0.15) is 73.4 Å². The van der Waals surface area contributed by atoms with Crippen molar-refractivity contribution < 1.29 is 19.1 Å². The summed E-state index contributed by atoms with van der Waals surface area (Å²) in [5.74, 6) is 0.171. The Bertz CT molecular complexity index is 875. The number of methoxy groups -OCH3 is 1. The molecule has 1 aromatic rings. The lowest BCUT2D eigenvalue weighted by atomic mass is 9.81. The zero-order valence-electron chi connectivity index (χ0n) is 22.5. The van der Waals surface area contributed by atoms with Crippen molar-refractivity contribution >= 4 is 24.4 Å². The predicted molar refractivity (Wildman–Crippen MR) is 144 cm³/mol. The van der Waals surface area contributed by atoms with E-state index in [2.05, 4.69) is 11.8 Å². The predicted octanol–water partition coefficient (Wildman–Crippen LogP) is 4.82. The van der Waals surface area contributed by atoms with Gasteiger partial charge in [0.25, 0.3) is 5.91 Å². The lowest BCUT2D eigenvalue weighted by Gasteiger charge is -2.46. The first-order valence-corrected chi connectivity index (χ1v) is 13.5. The Labute approximate surface area is 222 Å². The smallest absolute Gasteiger partial charge is 0.410 e. The first-order chi connectivity index (χ1) is 16.9. The maximum atomic E-state index is 13.2. The number of aryl methyl sites for hydroxylation is 2. The van der Waals surface area contributed by atoms with Crippen molar-refractivity contribution in [1.82, 2.24) is 14.7 Å². The minimum atomic E-state index is -0.366. The molecule has 3 aliphatic heterocycles. The fourth-order valence-corrected chi connectivity index (χ4v) is 6.41. The average molecular weight is 522 g/mol. The van der Waals surface area contributed by atoms with E-state index in [9.17, 15) is 9.59 Å². The van der Waals surface area contributed by atoms with Gasteiger partial charge in [-0.25, -0.2) is 4.79 Å². The molecule has 2 amide bonds. The number of hydrogen-bond acceptors (Lipinski definition) is 5. The fourth-order valence-electron chi connectivity index (χ4n) is 6.41. The summed E-state index contributed by atoms with van der Waals surface area (Å²) in [7, 11) is 1.68. The first-order valence-electron chi connectivity index (χ1n) is 13.5. The summed E-state index contributed by atoms with van der Waals surface area (Å²) in [5.41, 5.74) is 2.61. The average Bonchev–Trinajstić information content (AvgIpc) is 3.11. The van der Waals surface area contributed by atoms with Gasteiger partial charge in [0.1, 0.15) is 5.60 Å². The van der Waals surface area contributed by atoms with Gasteiger partial charge in [0.2, 0.25) is 0 Å². The standard InChI is InChI=1S/C28H43N3O4.ClH/c1-5-6-10-24-28(35-27(33)31(24)19-20-34-4)13-17-29(18-14-28)23-11-15-30(16-12-23)26(32)25-21(2)8-7-9-22(25)3;/h7-9,23-24H,5-6,10-20H2,1-4H3;1H. The number of likely N-dealkylation sites (tertiary alicyclic amines) is 2. The SMILES string of the molecule is CCCCC1N(CCOC)C(=O)OC12CCN(C1CCN(C(=O)c3c(C)cccc3C)CC1)CC2.Cl. The number of carbonyl (C=O) groups excluding carboxylic acids is 2. The maximum Gasteiger partial charge on any atom is 0.410 e. The second kappa shape index (κ2) is 12.6. The zero-order valence-corrected chi connectivity index (χ0v) is 23.3. The third-order valence-corrected chi connectivity index (χ3v) is 8.48. The number of halogens is 1. The minimum Gasteiger partial charge on any atom is -0.440 e. The van der Waals surface area contributed by atoms with Crippen molar-refractivity contribution in [2.75, 3.05) is 46.4 Å². The third-order valence-electron chi connectivity index (χ3n) is 8.48. The molecule has 0 aromatic heterocycles. The molecule has 202 valence electrons. The number of rotatable bonds is 8. The molecule has 7 nitrogen and oxygen atoms in total. The quantitative estimate of drug-likeness (QED) is 0.490. The van der Waals surface area contributed by atoms with Crippen LogP contribution in [0.15, 0.2) is 18.2 Å². The number of ether oxygens (including phenoxy) is 2. The lowest BCUT2D eigenvalue weighted by molar-refractivity contribution is -0.0385. The van der Waals surface area contributed by atoms with Crippen LogP contribution in [0, 0.1) is 13.8 Å². The van der Waals surface area contributed by atoms with Crippen LogP contribution in [0.5, 0.6) is 0 Å². The second-order valence-corrected chi connectivity index (χ2v) is 10.6. The van der Waals surface area contributed by atoms with Gasteiger partial charge in [-0.2, -0.15) is 0 Å². The molecular weight excluding hydrogens is 478 g/mol. The van der Waals surface area contributed by atoms with E-state index in [1.165, 1.54) is 0 Å². The molecule has 8 heteroatoms. The zero-order chi connectivity index (χ0) is 25.0. The van der Waals surface area contributed by atoms with Gasteiger partial charge in [-0.05, 0) is 44.2 Å². The fraction of sp³-hybridized carbons (Fsp3) is 0.714. The molecule has 0 N–H and O–H groups in total. The van der Waals surface area contributed by atoms with Crippen molar-refractivity contribution in [2.24, 2.45) is 0 Å². The number of carbonyl (C=O) groups is 2. The molecule has 1 unspecified atom stereocenters. The van der Waals surface area contributed by atoms with Crippen LogP contribution in [0.2, 0.25) is 0 Å². The van der Waals surface area contributed by atoms with Gasteiger partial charge < -0.3 is 14.4 Å². The molecule has 3 fully saturated rings. The minimum absolute atomic E-state index is 0. The van der Waals surface area contributed by atoms with Crippen LogP contribution in [-0.4, -0.2) is 90.8 Å². The molecule has 3 aliphatic rings. The highest BCUT2D eigenvalue weighted by Crippen LogP contribution is 2.41. The highest BCUT2D eigenvalue weighted by molar-refractivity contribution is 5.97. The van der Waals surface area contributed by atoms with E-state index in [4.69, 9.17) is 9.47 Å². The van der Waals surface area contributed by atoms with E-state index in [0.29, 0.717) is 19.2 Å². The summed E-state index contributed by atoms with van der Waals surface area (Å²) < 4.78 is 11.4. The molecular formula is C28H44ClN3O4. The molecule has 3 saturated heterocycles. The van der Waals surface area contributed by atoms with Gasteiger partial charge >= 0.3 is 6.09 Å². The molecule has 4 rings (SSSR count). The summed E-state index contributed by atoms with van der Waals surface area (Å²) in [6.45, 7) is 10.9. The van der Waals surface area contributed by atoms with Crippen molar-refractivity contribution in [3.05, 3.63) is 34.9 Å². The Morgan fingerprint density at radius 1 is 1.11 bits per heavy atom. The van der Waals surface area contributed by atoms with Crippen LogP contribution < -0.4 is 0 Å². The second-order valence-electron chi connectivity index (χ2n) is 10.6.